The highest BCUT2D eigenvalue weighted by Gasteiger charge is 2.31. The second-order valence-corrected chi connectivity index (χ2v) is 11.5. The van der Waals surface area contributed by atoms with E-state index in [1.165, 1.54) is 17.1 Å². The average Bonchev–Trinajstić information content (AvgIpc) is 3.33. The van der Waals surface area contributed by atoms with Gasteiger partial charge >= 0.3 is 0 Å². The molecule has 0 bridgehead atoms. The number of anilines is 1. The molecule has 0 radical (unpaired) electrons. The minimum Gasteiger partial charge on any atom is -0.371 e. The zero-order valence-electron chi connectivity index (χ0n) is 19.1. The monoisotopic (exact) mass is 456 g/mol. The van der Waals surface area contributed by atoms with E-state index in [0.29, 0.717) is 23.7 Å². The van der Waals surface area contributed by atoms with Crippen LogP contribution in [0.4, 0.5) is 5.69 Å². The lowest BCUT2D eigenvalue weighted by molar-refractivity contribution is 0.0692. The van der Waals surface area contributed by atoms with Gasteiger partial charge < -0.3 is 9.80 Å². The van der Waals surface area contributed by atoms with Gasteiger partial charge in [-0.3, -0.25) is 9.78 Å². The van der Waals surface area contributed by atoms with Crippen molar-refractivity contribution >= 4 is 21.6 Å². The Bertz CT molecular complexity index is 1060. The van der Waals surface area contributed by atoms with Gasteiger partial charge in [0.15, 0.2) is 0 Å². The number of nitrogens with zero attached hydrogens (tertiary/aromatic N) is 4. The maximum absolute atomic E-state index is 13.1. The Morgan fingerprint density at radius 1 is 0.906 bits per heavy atom. The van der Waals surface area contributed by atoms with Crippen molar-refractivity contribution < 1.29 is 13.2 Å². The normalized spacial score (nSPS) is 18.2. The summed E-state index contributed by atoms with van der Waals surface area (Å²) < 4.78 is 27.7. The van der Waals surface area contributed by atoms with Crippen LogP contribution in [0.3, 0.4) is 0 Å². The van der Waals surface area contributed by atoms with E-state index >= 15 is 0 Å². The molecule has 0 N–H and O–H groups in total. The van der Waals surface area contributed by atoms with Gasteiger partial charge in [0, 0.05) is 51.2 Å². The molecular formula is C24H32N4O3S. The van der Waals surface area contributed by atoms with Gasteiger partial charge in [-0.05, 0) is 48.1 Å². The topological polar surface area (TPSA) is 73.8 Å². The Morgan fingerprint density at radius 2 is 1.53 bits per heavy atom. The number of hydrogen-bond acceptors (Lipinski definition) is 5. The molecule has 2 saturated heterocycles. The Morgan fingerprint density at radius 3 is 2.12 bits per heavy atom. The molecule has 0 spiro atoms. The highest BCUT2D eigenvalue weighted by Crippen LogP contribution is 2.25. The molecule has 8 heteroatoms. The fourth-order valence-electron chi connectivity index (χ4n) is 4.28. The molecular weight excluding hydrogens is 424 g/mol. The lowest BCUT2D eigenvalue weighted by atomic mass is 9.87. The first-order valence-corrected chi connectivity index (χ1v) is 12.7. The maximum Gasteiger partial charge on any atom is 0.272 e. The highest BCUT2D eigenvalue weighted by molar-refractivity contribution is 7.89. The van der Waals surface area contributed by atoms with Gasteiger partial charge in [0.05, 0.1) is 4.90 Å². The van der Waals surface area contributed by atoms with E-state index < -0.39 is 10.0 Å². The summed E-state index contributed by atoms with van der Waals surface area (Å²) in [5.41, 5.74) is 2.51. The Balaban J connectivity index is 1.41. The summed E-state index contributed by atoms with van der Waals surface area (Å²) in [5, 5.41) is 0. The number of amides is 1. The number of carbonyl (C=O) groups is 1. The molecule has 0 saturated carbocycles. The second-order valence-electron chi connectivity index (χ2n) is 9.56. The third-order valence-corrected chi connectivity index (χ3v) is 8.23. The molecule has 7 nitrogen and oxygen atoms in total. The van der Waals surface area contributed by atoms with Crippen LogP contribution in [0.15, 0.2) is 47.5 Å². The Labute approximate surface area is 191 Å². The van der Waals surface area contributed by atoms with E-state index in [0.717, 1.165) is 24.3 Å². The molecule has 2 aromatic rings. The van der Waals surface area contributed by atoms with Gasteiger partial charge in [-0.15, -0.1) is 0 Å². The van der Waals surface area contributed by atoms with E-state index in [-0.39, 0.29) is 24.4 Å². The molecule has 2 fully saturated rings. The van der Waals surface area contributed by atoms with Gasteiger partial charge in [0.1, 0.15) is 5.69 Å². The van der Waals surface area contributed by atoms with Crippen LogP contribution in [0.5, 0.6) is 0 Å². The summed E-state index contributed by atoms with van der Waals surface area (Å²) >= 11 is 0. The molecule has 0 unspecified atom stereocenters. The number of carbonyl (C=O) groups excluding carboxylic acids is 1. The summed E-state index contributed by atoms with van der Waals surface area (Å²) in [6.07, 6.45) is 4.02. The fraction of sp³-hybridized carbons (Fsp3) is 0.500. The van der Waals surface area contributed by atoms with Gasteiger partial charge in [-0.2, -0.15) is 4.31 Å². The summed E-state index contributed by atoms with van der Waals surface area (Å²) in [7, 11) is -3.58. The molecule has 172 valence electrons. The number of sulfonamides is 1. The quantitative estimate of drug-likeness (QED) is 0.707. The fourth-order valence-corrected chi connectivity index (χ4v) is 5.70. The number of pyridine rings is 1. The highest BCUT2D eigenvalue weighted by atomic mass is 32.2. The first kappa shape index (κ1) is 22.7. The molecule has 0 atom stereocenters. The molecule has 2 aliphatic rings. The summed E-state index contributed by atoms with van der Waals surface area (Å²) in [6, 6.07) is 10.9. The van der Waals surface area contributed by atoms with E-state index in [4.69, 9.17) is 0 Å². The van der Waals surface area contributed by atoms with Crippen LogP contribution in [0.2, 0.25) is 0 Å². The standard InChI is InChI=1S/C24H32N4O3S/c1-24(2,3)19-6-8-21(9-7-19)32(30,31)28-16-14-27(15-17-28)23(29)22-18-20(10-11-25-22)26-12-4-5-13-26/h6-11,18H,4-5,12-17H2,1-3H3. The number of rotatable bonds is 4. The number of hydrogen-bond donors (Lipinski definition) is 0. The SMILES string of the molecule is CC(C)(C)c1ccc(S(=O)(=O)N2CCN(C(=O)c3cc(N4CCCC4)ccn3)CC2)cc1. The maximum atomic E-state index is 13.1. The van der Waals surface area contributed by atoms with Crippen molar-refractivity contribution in [2.75, 3.05) is 44.2 Å². The first-order chi connectivity index (χ1) is 15.2. The predicted molar refractivity (Wildman–Crippen MR) is 125 cm³/mol. The van der Waals surface area contributed by atoms with Crippen molar-refractivity contribution in [3.63, 3.8) is 0 Å². The number of benzene rings is 1. The summed E-state index contributed by atoms with van der Waals surface area (Å²) in [4.78, 5) is 21.5. The molecule has 2 aliphatic heterocycles. The van der Waals surface area contributed by atoms with Crippen LogP contribution in [0.1, 0.15) is 49.7 Å². The van der Waals surface area contributed by atoms with Crippen molar-refractivity contribution in [1.29, 1.82) is 0 Å². The van der Waals surface area contributed by atoms with Gasteiger partial charge in [0.25, 0.3) is 5.91 Å². The molecule has 4 rings (SSSR count). The zero-order chi connectivity index (χ0) is 22.9. The van der Waals surface area contributed by atoms with E-state index in [2.05, 4.69) is 30.7 Å². The van der Waals surface area contributed by atoms with Crippen LogP contribution >= 0.6 is 0 Å². The minimum absolute atomic E-state index is 0.0333. The van der Waals surface area contributed by atoms with Crippen LogP contribution in [0, 0.1) is 0 Å². The molecule has 1 amide bonds. The van der Waals surface area contributed by atoms with Crippen molar-refractivity contribution in [2.24, 2.45) is 0 Å². The third-order valence-electron chi connectivity index (χ3n) is 6.32. The van der Waals surface area contributed by atoms with Crippen LogP contribution < -0.4 is 4.90 Å². The summed E-state index contributed by atoms with van der Waals surface area (Å²) in [5.74, 6) is -0.141. The molecule has 3 heterocycles. The average molecular weight is 457 g/mol. The third kappa shape index (κ3) is 4.66. The lowest BCUT2D eigenvalue weighted by Gasteiger charge is -2.34. The molecule has 1 aromatic carbocycles. The Hall–Kier alpha value is -2.45. The van der Waals surface area contributed by atoms with Gasteiger partial charge in [-0.25, -0.2) is 8.42 Å². The van der Waals surface area contributed by atoms with Crippen molar-refractivity contribution in [2.45, 2.75) is 43.9 Å². The van der Waals surface area contributed by atoms with Crippen LogP contribution in [0.25, 0.3) is 0 Å². The van der Waals surface area contributed by atoms with Crippen LogP contribution in [-0.2, 0) is 15.4 Å². The number of piperazine rings is 1. The second kappa shape index (κ2) is 8.83. The van der Waals surface area contributed by atoms with Crippen molar-refractivity contribution in [1.82, 2.24) is 14.2 Å². The van der Waals surface area contributed by atoms with Crippen molar-refractivity contribution in [3.05, 3.63) is 53.9 Å². The van der Waals surface area contributed by atoms with Gasteiger partial charge in [0.2, 0.25) is 10.0 Å². The summed E-state index contributed by atoms with van der Waals surface area (Å²) in [6.45, 7) is 9.58. The van der Waals surface area contributed by atoms with E-state index in [9.17, 15) is 13.2 Å². The largest absolute Gasteiger partial charge is 0.371 e. The molecule has 0 aliphatic carbocycles. The van der Waals surface area contributed by atoms with E-state index in [1.807, 2.05) is 24.3 Å². The minimum atomic E-state index is -3.58. The van der Waals surface area contributed by atoms with Crippen LogP contribution in [-0.4, -0.2) is 67.8 Å². The van der Waals surface area contributed by atoms with Crippen molar-refractivity contribution in [3.8, 4) is 0 Å². The van der Waals surface area contributed by atoms with Gasteiger partial charge in [-0.1, -0.05) is 32.9 Å². The smallest absolute Gasteiger partial charge is 0.272 e. The number of aromatic nitrogens is 1. The Kier molecular flexibility index (Phi) is 6.27. The van der Waals surface area contributed by atoms with E-state index in [1.54, 1.807) is 23.2 Å². The molecule has 1 aromatic heterocycles. The predicted octanol–water partition coefficient (Wildman–Crippen LogP) is 3.13. The molecule has 32 heavy (non-hydrogen) atoms. The first-order valence-electron chi connectivity index (χ1n) is 11.3. The lowest BCUT2D eigenvalue weighted by Crippen LogP contribution is -2.50. The zero-order valence-corrected chi connectivity index (χ0v) is 19.9.